The van der Waals surface area contributed by atoms with E-state index in [9.17, 15) is 18.0 Å². The molecule has 2 N–H and O–H groups in total. The van der Waals surface area contributed by atoms with Crippen molar-refractivity contribution in [2.24, 2.45) is 0 Å². The third kappa shape index (κ3) is 2.70. The van der Waals surface area contributed by atoms with E-state index in [2.05, 4.69) is 5.32 Å². The lowest BCUT2D eigenvalue weighted by Crippen LogP contribution is -2.06. The van der Waals surface area contributed by atoms with E-state index in [1.54, 1.807) is 0 Å². The molecular weight excluding hydrogens is 263 g/mol. The van der Waals surface area contributed by atoms with E-state index in [1.165, 1.54) is 6.07 Å². The number of anilines is 1. The maximum atomic E-state index is 13.3. The number of rotatable bonds is 4. The van der Waals surface area contributed by atoms with Crippen molar-refractivity contribution >= 4 is 11.7 Å². The lowest BCUT2D eigenvalue weighted by Gasteiger charge is -2.07. The second-order valence-electron chi connectivity index (χ2n) is 3.67. The quantitative estimate of drug-likeness (QED) is 0.839. The van der Waals surface area contributed by atoms with Crippen LogP contribution in [0.1, 0.15) is 16.1 Å². The fourth-order valence-electron chi connectivity index (χ4n) is 1.53. The third-order valence-corrected chi connectivity index (χ3v) is 2.41. The summed E-state index contributed by atoms with van der Waals surface area (Å²) in [6, 6.07) is 2.40. The minimum atomic E-state index is -1.33. The standard InChI is InChI=1S/C12H8F3NO3/c13-6-3-8(14)11(15)9(4-6)16-5-10-7(12(17)18)1-2-19-10/h1-4,16H,5H2,(H,17,18). The van der Waals surface area contributed by atoms with Gasteiger partial charge in [-0.2, -0.15) is 0 Å². The topological polar surface area (TPSA) is 62.5 Å². The summed E-state index contributed by atoms with van der Waals surface area (Å²) < 4.78 is 44.1. The number of carboxylic acids is 1. The van der Waals surface area contributed by atoms with E-state index in [-0.39, 0.29) is 17.9 Å². The van der Waals surface area contributed by atoms with Gasteiger partial charge < -0.3 is 14.8 Å². The first-order valence-corrected chi connectivity index (χ1v) is 5.17. The van der Waals surface area contributed by atoms with Crippen LogP contribution >= 0.6 is 0 Å². The number of halogens is 3. The van der Waals surface area contributed by atoms with Gasteiger partial charge in [-0.15, -0.1) is 0 Å². The van der Waals surface area contributed by atoms with Crippen molar-refractivity contribution in [1.82, 2.24) is 0 Å². The summed E-state index contributed by atoms with van der Waals surface area (Å²) in [6.45, 7) is -0.214. The molecule has 100 valence electrons. The van der Waals surface area contributed by atoms with Crippen LogP contribution in [0.3, 0.4) is 0 Å². The van der Waals surface area contributed by atoms with Crippen LogP contribution in [0.25, 0.3) is 0 Å². The Labute approximate surface area is 105 Å². The van der Waals surface area contributed by atoms with E-state index in [4.69, 9.17) is 9.52 Å². The van der Waals surface area contributed by atoms with E-state index < -0.39 is 29.1 Å². The highest BCUT2D eigenvalue weighted by molar-refractivity contribution is 5.88. The molecule has 2 rings (SSSR count). The van der Waals surface area contributed by atoms with Crippen molar-refractivity contribution in [3.8, 4) is 0 Å². The molecule has 4 nitrogen and oxygen atoms in total. The summed E-state index contributed by atoms with van der Waals surface area (Å²) in [4.78, 5) is 10.8. The van der Waals surface area contributed by atoms with Gasteiger partial charge in [0, 0.05) is 12.1 Å². The number of carbonyl (C=O) groups is 1. The van der Waals surface area contributed by atoms with Crippen molar-refractivity contribution in [3.05, 3.63) is 53.2 Å². The first-order chi connectivity index (χ1) is 8.99. The maximum absolute atomic E-state index is 13.3. The summed E-state index contributed by atoms with van der Waals surface area (Å²) in [5, 5.41) is 11.2. The van der Waals surface area contributed by atoms with Crippen molar-refractivity contribution in [2.75, 3.05) is 5.32 Å². The second-order valence-corrected chi connectivity index (χ2v) is 3.67. The van der Waals surface area contributed by atoms with Gasteiger partial charge in [-0.05, 0) is 6.07 Å². The Kier molecular flexibility index (Phi) is 3.46. The van der Waals surface area contributed by atoms with Crippen molar-refractivity contribution in [2.45, 2.75) is 6.54 Å². The lowest BCUT2D eigenvalue weighted by atomic mass is 10.2. The number of nitrogens with one attached hydrogen (secondary N) is 1. The number of carboxylic acid groups (broad SMARTS) is 1. The van der Waals surface area contributed by atoms with E-state index in [1.807, 2.05) is 0 Å². The van der Waals surface area contributed by atoms with Gasteiger partial charge in [-0.3, -0.25) is 0 Å². The Morgan fingerprint density at radius 1 is 1.32 bits per heavy atom. The fraction of sp³-hybridized carbons (Fsp3) is 0.0833. The molecule has 1 aromatic carbocycles. The van der Waals surface area contributed by atoms with Crippen LogP contribution in [0.5, 0.6) is 0 Å². The van der Waals surface area contributed by atoms with Gasteiger partial charge in [-0.25, -0.2) is 18.0 Å². The monoisotopic (exact) mass is 271 g/mol. The summed E-state index contributed by atoms with van der Waals surface area (Å²) in [7, 11) is 0. The molecule has 0 saturated heterocycles. The minimum absolute atomic E-state index is 0.0246. The second kappa shape index (κ2) is 5.05. The van der Waals surface area contributed by atoms with Crippen LogP contribution in [0.4, 0.5) is 18.9 Å². The molecule has 0 atom stereocenters. The smallest absolute Gasteiger partial charge is 0.339 e. The number of aromatic carboxylic acids is 1. The maximum Gasteiger partial charge on any atom is 0.339 e. The van der Waals surface area contributed by atoms with Gasteiger partial charge in [-0.1, -0.05) is 0 Å². The summed E-state index contributed by atoms with van der Waals surface area (Å²) in [6.07, 6.45) is 1.16. The predicted molar refractivity (Wildman–Crippen MR) is 59.3 cm³/mol. The van der Waals surface area contributed by atoms with Crippen LogP contribution in [0.2, 0.25) is 0 Å². The molecule has 0 aliphatic rings. The van der Waals surface area contributed by atoms with Gasteiger partial charge in [0.2, 0.25) is 0 Å². The Morgan fingerprint density at radius 3 is 2.74 bits per heavy atom. The number of benzene rings is 1. The number of hydrogen-bond acceptors (Lipinski definition) is 3. The van der Waals surface area contributed by atoms with Gasteiger partial charge in [0.15, 0.2) is 11.6 Å². The molecule has 7 heteroatoms. The lowest BCUT2D eigenvalue weighted by molar-refractivity contribution is 0.0694. The van der Waals surface area contributed by atoms with Crippen LogP contribution in [0.15, 0.2) is 28.9 Å². The zero-order valence-electron chi connectivity index (χ0n) is 9.41. The molecular formula is C12H8F3NO3. The van der Waals surface area contributed by atoms with Crippen molar-refractivity contribution in [3.63, 3.8) is 0 Å². The zero-order chi connectivity index (χ0) is 14.0. The summed E-state index contributed by atoms with van der Waals surface area (Å²) >= 11 is 0. The van der Waals surface area contributed by atoms with E-state index in [0.29, 0.717) is 6.07 Å². The molecule has 0 unspecified atom stereocenters. The SMILES string of the molecule is O=C(O)c1ccoc1CNc1cc(F)cc(F)c1F. The highest BCUT2D eigenvalue weighted by Crippen LogP contribution is 2.20. The molecule has 0 bridgehead atoms. The van der Waals surface area contributed by atoms with Gasteiger partial charge in [0.05, 0.1) is 18.5 Å². The molecule has 0 aliphatic carbocycles. The Bertz CT molecular complexity index is 625. The molecule has 0 aliphatic heterocycles. The molecule has 0 saturated carbocycles. The highest BCUT2D eigenvalue weighted by Gasteiger charge is 2.15. The molecule has 0 spiro atoms. The fourth-order valence-corrected chi connectivity index (χ4v) is 1.53. The average molecular weight is 271 g/mol. The molecule has 0 amide bonds. The Hall–Kier alpha value is -2.44. The van der Waals surface area contributed by atoms with E-state index >= 15 is 0 Å². The predicted octanol–water partition coefficient (Wildman–Crippen LogP) is 3.01. The van der Waals surface area contributed by atoms with Crippen LogP contribution < -0.4 is 5.32 Å². The van der Waals surface area contributed by atoms with Crippen LogP contribution in [-0.4, -0.2) is 11.1 Å². The van der Waals surface area contributed by atoms with Crippen LogP contribution in [-0.2, 0) is 6.54 Å². The Morgan fingerprint density at radius 2 is 2.05 bits per heavy atom. The molecule has 0 radical (unpaired) electrons. The number of hydrogen-bond donors (Lipinski definition) is 2. The highest BCUT2D eigenvalue weighted by atomic mass is 19.2. The van der Waals surface area contributed by atoms with Gasteiger partial charge in [0.1, 0.15) is 17.1 Å². The number of furan rings is 1. The first kappa shape index (κ1) is 13.0. The molecule has 1 heterocycles. The van der Waals surface area contributed by atoms with Crippen LogP contribution in [0, 0.1) is 17.5 Å². The Balaban J connectivity index is 2.19. The molecule has 1 aromatic heterocycles. The minimum Gasteiger partial charge on any atom is -0.478 e. The van der Waals surface area contributed by atoms with Gasteiger partial charge in [0.25, 0.3) is 0 Å². The van der Waals surface area contributed by atoms with E-state index in [0.717, 1.165) is 12.3 Å². The largest absolute Gasteiger partial charge is 0.478 e. The summed E-state index contributed by atoms with van der Waals surface area (Å²) in [5.41, 5.74) is -0.518. The van der Waals surface area contributed by atoms with Gasteiger partial charge >= 0.3 is 5.97 Å². The average Bonchev–Trinajstić information content (AvgIpc) is 2.80. The molecule has 0 fully saturated rings. The van der Waals surface area contributed by atoms with Crippen molar-refractivity contribution < 1.29 is 27.5 Å². The summed E-state index contributed by atoms with van der Waals surface area (Å²) in [5.74, 6) is -4.71. The van der Waals surface area contributed by atoms with Crippen molar-refractivity contribution in [1.29, 1.82) is 0 Å². The normalized spacial score (nSPS) is 10.5. The first-order valence-electron chi connectivity index (χ1n) is 5.17. The molecule has 2 aromatic rings. The zero-order valence-corrected chi connectivity index (χ0v) is 9.41. The molecule has 19 heavy (non-hydrogen) atoms. The third-order valence-electron chi connectivity index (χ3n) is 2.41.